The van der Waals surface area contributed by atoms with Gasteiger partial charge in [-0.1, -0.05) is 5.92 Å². The topological polar surface area (TPSA) is 21.1 Å². The van der Waals surface area contributed by atoms with Crippen LogP contribution in [0.3, 0.4) is 0 Å². The molecule has 2 heterocycles. The minimum absolute atomic E-state index is 0.740. The van der Waals surface area contributed by atoms with E-state index in [4.69, 9.17) is 6.42 Å². The molecule has 0 aliphatic carbocycles. The zero-order valence-electron chi connectivity index (χ0n) is 7.82. The molecular weight excluding hydrogens is 162 g/mol. The Labute approximate surface area is 78.3 Å². The van der Waals surface area contributed by atoms with Crippen molar-refractivity contribution in [3.8, 4) is 12.3 Å². The molecule has 3 nitrogen and oxygen atoms in total. The van der Waals surface area contributed by atoms with E-state index in [0.717, 1.165) is 31.9 Å². The first kappa shape index (κ1) is 8.33. The van der Waals surface area contributed by atoms with Gasteiger partial charge in [0.2, 0.25) is 0 Å². The van der Waals surface area contributed by atoms with E-state index in [9.17, 15) is 0 Å². The Bertz CT molecular complexity index is 346. The average molecular weight is 175 g/mol. The molecular formula is C10H13N3. The van der Waals surface area contributed by atoms with Crippen LogP contribution < -0.4 is 0 Å². The van der Waals surface area contributed by atoms with Gasteiger partial charge in [-0.15, -0.1) is 6.42 Å². The van der Waals surface area contributed by atoms with Gasteiger partial charge in [0.25, 0.3) is 0 Å². The molecule has 0 saturated heterocycles. The standard InChI is InChI=1S/C10H13N3/c1-3-4-12-5-6-13-10(8-12)7-9(2)11-13/h1,7H,4-6,8H2,2H3. The van der Waals surface area contributed by atoms with Gasteiger partial charge in [-0.2, -0.15) is 5.10 Å². The van der Waals surface area contributed by atoms with Crippen LogP contribution in [0.4, 0.5) is 0 Å². The average Bonchev–Trinajstić information content (AvgIpc) is 2.44. The van der Waals surface area contributed by atoms with E-state index in [1.165, 1.54) is 5.69 Å². The van der Waals surface area contributed by atoms with Gasteiger partial charge in [0, 0.05) is 13.1 Å². The molecule has 3 heteroatoms. The van der Waals surface area contributed by atoms with Gasteiger partial charge in [-0.3, -0.25) is 9.58 Å². The molecule has 1 aliphatic heterocycles. The molecule has 0 unspecified atom stereocenters. The lowest BCUT2D eigenvalue weighted by atomic mass is 10.3. The SMILES string of the molecule is C#CCN1CCn2nc(C)cc2C1. The molecule has 0 saturated carbocycles. The van der Waals surface area contributed by atoms with Crippen LogP contribution in [0.2, 0.25) is 0 Å². The van der Waals surface area contributed by atoms with E-state index >= 15 is 0 Å². The number of hydrogen-bond donors (Lipinski definition) is 0. The van der Waals surface area contributed by atoms with Crippen LogP contribution in [-0.4, -0.2) is 27.8 Å². The molecule has 0 bridgehead atoms. The quantitative estimate of drug-likeness (QED) is 0.584. The number of rotatable bonds is 1. The molecule has 68 valence electrons. The summed E-state index contributed by atoms with van der Waals surface area (Å²) in [6, 6.07) is 2.13. The highest BCUT2D eigenvalue weighted by Gasteiger charge is 2.15. The molecule has 1 aromatic heterocycles. The Kier molecular flexibility index (Phi) is 2.07. The maximum Gasteiger partial charge on any atom is 0.0603 e. The lowest BCUT2D eigenvalue weighted by Gasteiger charge is -2.25. The van der Waals surface area contributed by atoms with Crippen LogP contribution in [0.25, 0.3) is 0 Å². The second-order valence-electron chi connectivity index (χ2n) is 3.41. The van der Waals surface area contributed by atoms with Crippen molar-refractivity contribution in [2.24, 2.45) is 0 Å². The number of hydrogen-bond acceptors (Lipinski definition) is 2. The van der Waals surface area contributed by atoms with Gasteiger partial charge in [-0.25, -0.2) is 0 Å². The van der Waals surface area contributed by atoms with E-state index < -0.39 is 0 Å². The molecule has 0 aromatic carbocycles. The van der Waals surface area contributed by atoms with E-state index in [2.05, 4.69) is 26.7 Å². The summed E-state index contributed by atoms with van der Waals surface area (Å²) in [7, 11) is 0. The van der Waals surface area contributed by atoms with Crippen molar-refractivity contribution in [1.29, 1.82) is 0 Å². The predicted molar refractivity (Wildman–Crippen MR) is 51.1 cm³/mol. The number of aromatic nitrogens is 2. The highest BCUT2D eigenvalue weighted by Crippen LogP contribution is 2.12. The molecule has 1 aromatic rings. The third-order valence-electron chi connectivity index (χ3n) is 2.31. The van der Waals surface area contributed by atoms with Gasteiger partial charge in [-0.05, 0) is 13.0 Å². The van der Waals surface area contributed by atoms with Gasteiger partial charge < -0.3 is 0 Å². The van der Waals surface area contributed by atoms with Crippen molar-refractivity contribution in [3.63, 3.8) is 0 Å². The summed E-state index contributed by atoms with van der Waals surface area (Å²) < 4.78 is 2.07. The summed E-state index contributed by atoms with van der Waals surface area (Å²) >= 11 is 0. The first-order chi connectivity index (χ1) is 6.29. The zero-order chi connectivity index (χ0) is 9.26. The van der Waals surface area contributed by atoms with E-state index in [1.54, 1.807) is 0 Å². The van der Waals surface area contributed by atoms with E-state index in [0.29, 0.717) is 0 Å². The minimum Gasteiger partial charge on any atom is -0.285 e. The van der Waals surface area contributed by atoms with Crippen molar-refractivity contribution in [2.45, 2.75) is 20.0 Å². The highest BCUT2D eigenvalue weighted by atomic mass is 15.3. The normalized spacial score (nSPS) is 16.6. The Hall–Kier alpha value is -1.27. The lowest BCUT2D eigenvalue weighted by molar-refractivity contribution is 0.238. The fraction of sp³-hybridized carbons (Fsp3) is 0.500. The highest BCUT2D eigenvalue weighted by molar-refractivity contribution is 5.10. The maximum atomic E-state index is 5.27. The second kappa shape index (κ2) is 3.23. The van der Waals surface area contributed by atoms with Crippen molar-refractivity contribution in [2.75, 3.05) is 13.1 Å². The summed E-state index contributed by atoms with van der Waals surface area (Å²) in [5, 5.41) is 4.38. The van der Waals surface area contributed by atoms with Crippen molar-refractivity contribution >= 4 is 0 Å². The molecule has 0 fully saturated rings. The third-order valence-corrected chi connectivity index (χ3v) is 2.31. The zero-order valence-corrected chi connectivity index (χ0v) is 7.82. The summed E-state index contributed by atoms with van der Waals surface area (Å²) in [6.45, 7) is 5.68. The van der Waals surface area contributed by atoms with Crippen molar-refractivity contribution < 1.29 is 0 Å². The molecule has 0 radical (unpaired) electrons. The van der Waals surface area contributed by atoms with Crippen LogP contribution in [0.15, 0.2) is 6.07 Å². The number of aryl methyl sites for hydroxylation is 1. The fourth-order valence-electron chi connectivity index (χ4n) is 1.73. The molecule has 2 rings (SSSR count). The number of fused-ring (bicyclic) bond motifs is 1. The smallest absolute Gasteiger partial charge is 0.0603 e. The van der Waals surface area contributed by atoms with Gasteiger partial charge in [0.1, 0.15) is 0 Å². The first-order valence-corrected chi connectivity index (χ1v) is 4.49. The summed E-state index contributed by atoms with van der Waals surface area (Å²) in [5.74, 6) is 2.67. The molecule has 0 amide bonds. The maximum absolute atomic E-state index is 5.27. The van der Waals surface area contributed by atoms with E-state index in [1.807, 2.05) is 6.92 Å². The molecule has 13 heavy (non-hydrogen) atoms. The van der Waals surface area contributed by atoms with Crippen molar-refractivity contribution in [1.82, 2.24) is 14.7 Å². The van der Waals surface area contributed by atoms with Gasteiger partial charge in [0.15, 0.2) is 0 Å². The summed E-state index contributed by atoms with van der Waals surface area (Å²) in [6.07, 6.45) is 5.27. The second-order valence-corrected chi connectivity index (χ2v) is 3.41. The molecule has 0 N–H and O–H groups in total. The minimum atomic E-state index is 0.740. The van der Waals surface area contributed by atoms with Crippen LogP contribution in [0.1, 0.15) is 11.4 Å². The van der Waals surface area contributed by atoms with Crippen LogP contribution >= 0.6 is 0 Å². The predicted octanol–water partition coefficient (Wildman–Crippen LogP) is 0.640. The van der Waals surface area contributed by atoms with Crippen LogP contribution in [0, 0.1) is 19.3 Å². The first-order valence-electron chi connectivity index (χ1n) is 4.49. The summed E-state index contributed by atoms with van der Waals surface area (Å²) in [5.41, 5.74) is 2.37. The monoisotopic (exact) mass is 175 g/mol. The number of nitrogens with zero attached hydrogens (tertiary/aromatic N) is 3. The third kappa shape index (κ3) is 1.58. The van der Waals surface area contributed by atoms with Gasteiger partial charge >= 0.3 is 0 Å². The Morgan fingerprint density at radius 1 is 1.62 bits per heavy atom. The summed E-state index contributed by atoms with van der Waals surface area (Å²) in [4.78, 5) is 2.26. The molecule has 1 aliphatic rings. The van der Waals surface area contributed by atoms with Gasteiger partial charge in [0.05, 0.1) is 24.5 Å². The largest absolute Gasteiger partial charge is 0.285 e. The Balaban J connectivity index is 2.15. The fourth-order valence-corrected chi connectivity index (χ4v) is 1.73. The van der Waals surface area contributed by atoms with Crippen molar-refractivity contribution in [3.05, 3.63) is 17.5 Å². The number of terminal acetylenes is 1. The Morgan fingerprint density at radius 2 is 2.46 bits per heavy atom. The van der Waals surface area contributed by atoms with E-state index in [-0.39, 0.29) is 0 Å². The van der Waals surface area contributed by atoms with Crippen LogP contribution in [0.5, 0.6) is 0 Å². The lowest BCUT2D eigenvalue weighted by Crippen LogP contribution is -2.33. The molecule has 0 atom stereocenters. The van der Waals surface area contributed by atoms with Crippen LogP contribution in [-0.2, 0) is 13.1 Å². The Morgan fingerprint density at radius 3 is 3.23 bits per heavy atom. The molecule has 0 spiro atoms.